The Labute approximate surface area is 156 Å². The normalized spacial score (nSPS) is 11.8. The van der Waals surface area contributed by atoms with Gasteiger partial charge in [0, 0.05) is 8.95 Å². The van der Waals surface area contributed by atoms with Gasteiger partial charge >= 0.3 is 0 Å². The molecule has 5 aromatic rings. The summed E-state index contributed by atoms with van der Waals surface area (Å²) < 4.78 is 2.22. The average molecular weight is 436 g/mol. The van der Waals surface area contributed by atoms with E-state index in [1.165, 1.54) is 43.1 Å². The Morgan fingerprint density at radius 3 is 1.17 bits per heavy atom. The van der Waals surface area contributed by atoms with E-state index in [9.17, 15) is 0 Å². The fourth-order valence-electron chi connectivity index (χ4n) is 3.63. The van der Waals surface area contributed by atoms with Crippen molar-refractivity contribution < 1.29 is 0 Å². The third-order valence-corrected chi connectivity index (χ3v) is 5.71. The van der Waals surface area contributed by atoms with Gasteiger partial charge in [-0.2, -0.15) is 0 Å². The van der Waals surface area contributed by atoms with Crippen molar-refractivity contribution in [3.05, 3.63) is 81.7 Å². The molecule has 0 saturated carbocycles. The minimum atomic E-state index is 1.11. The minimum absolute atomic E-state index is 1.11. The van der Waals surface area contributed by atoms with Crippen molar-refractivity contribution in [1.82, 2.24) is 0 Å². The zero-order valence-electron chi connectivity index (χ0n) is 12.7. The van der Waals surface area contributed by atoms with Gasteiger partial charge in [0.1, 0.15) is 0 Å². The molecule has 0 heterocycles. The van der Waals surface area contributed by atoms with Crippen LogP contribution in [-0.2, 0) is 0 Å². The summed E-state index contributed by atoms with van der Waals surface area (Å²) in [6, 6.07) is 26.3. The van der Waals surface area contributed by atoms with E-state index in [2.05, 4.69) is 105 Å². The zero-order valence-corrected chi connectivity index (χ0v) is 15.9. The van der Waals surface area contributed by atoms with Crippen molar-refractivity contribution in [2.24, 2.45) is 0 Å². The van der Waals surface area contributed by atoms with Crippen LogP contribution in [0.4, 0.5) is 0 Å². The molecule has 114 valence electrons. The van der Waals surface area contributed by atoms with Gasteiger partial charge in [0.25, 0.3) is 0 Å². The number of hydrogen-bond donors (Lipinski definition) is 0. The van der Waals surface area contributed by atoms with Crippen molar-refractivity contribution in [3.63, 3.8) is 0 Å². The van der Waals surface area contributed by atoms with Crippen LogP contribution in [0.1, 0.15) is 0 Å². The summed E-state index contributed by atoms with van der Waals surface area (Å²) in [7, 11) is 0. The molecule has 0 aliphatic carbocycles. The first-order chi connectivity index (χ1) is 11.7. The van der Waals surface area contributed by atoms with Gasteiger partial charge in [0.2, 0.25) is 0 Å². The summed E-state index contributed by atoms with van der Waals surface area (Å²) >= 11 is 7.27. The molecule has 0 nitrogen and oxygen atoms in total. The number of hydrogen-bond acceptors (Lipinski definition) is 0. The van der Waals surface area contributed by atoms with Crippen molar-refractivity contribution >= 4 is 74.9 Å². The molecule has 0 aliphatic rings. The second-order valence-electron chi connectivity index (χ2n) is 6.12. The van der Waals surface area contributed by atoms with E-state index < -0.39 is 0 Å². The quantitative estimate of drug-likeness (QED) is 0.217. The fourth-order valence-corrected chi connectivity index (χ4v) is 4.35. The molecular formula is C22H12Br2. The summed E-state index contributed by atoms with van der Waals surface area (Å²) in [6.07, 6.45) is 0. The van der Waals surface area contributed by atoms with E-state index in [-0.39, 0.29) is 0 Å². The van der Waals surface area contributed by atoms with Crippen molar-refractivity contribution in [2.75, 3.05) is 0 Å². The Kier molecular flexibility index (Phi) is 3.19. The maximum Gasteiger partial charge on any atom is 0.0181 e. The molecule has 0 aliphatic heterocycles. The molecule has 0 radical (unpaired) electrons. The molecule has 0 amide bonds. The van der Waals surface area contributed by atoms with Crippen LogP contribution >= 0.6 is 31.9 Å². The van der Waals surface area contributed by atoms with Gasteiger partial charge in [0.15, 0.2) is 0 Å². The number of rotatable bonds is 0. The highest BCUT2D eigenvalue weighted by Gasteiger charge is 2.09. The lowest BCUT2D eigenvalue weighted by molar-refractivity contribution is 1.72. The Morgan fingerprint density at radius 2 is 0.750 bits per heavy atom. The van der Waals surface area contributed by atoms with Gasteiger partial charge in [-0.05, 0) is 67.4 Å². The molecule has 0 unspecified atom stereocenters. The predicted molar refractivity (Wildman–Crippen MR) is 112 cm³/mol. The fraction of sp³-hybridized carbons (Fsp3) is 0. The van der Waals surface area contributed by atoms with Crippen LogP contribution < -0.4 is 0 Å². The van der Waals surface area contributed by atoms with Crippen LogP contribution in [0.5, 0.6) is 0 Å². The maximum absolute atomic E-state index is 3.64. The first-order valence-corrected chi connectivity index (χ1v) is 9.42. The Morgan fingerprint density at radius 1 is 0.417 bits per heavy atom. The van der Waals surface area contributed by atoms with E-state index in [0.29, 0.717) is 0 Å². The monoisotopic (exact) mass is 434 g/mol. The third kappa shape index (κ3) is 2.10. The zero-order chi connectivity index (χ0) is 16.3. The summed E-state index contributed by atoms with van der Waals surface area (Å²) in [5.41, 5.74) is 0. The number of benzene rings is 5. The molecule has 5 rings (SSSR count). The highest BCUT2D eigenvalue weighted by atomic mass is 79.9. The molecule has 0 N–H and O–H groups in total. The van der Waals surface area contributed by atoms with Crippen LogP contribution in [0, 0.1) is 0 Å². The Bertz CT molecular complexity index is 1160. The topological polar surface area (TPSA) is 0 Å². The van der Waals surface area contributed by atoms with Crippen LogP contribution in [-0.4, -0.2) is 0 Å². The molecule has 0 bridgehead atoms. The van der Waals surface area contributed by atoms with E-state index in [0.717, 1.165) is 8.95 Å². The average Bonchev–Trinajstić information content (AvgIpc) is 2.60. The largest absolute Gasteiger partial charge is 0.0537 e. The summed E-state index contributed by atoms with van der Waals surface area (Å²) in [4.78, 5) is 0. The van der Waals surface area contributed by atoms with Crippen LogP contribution in [0.25, 0.3) is 43.1 Å². The van der Waals surface area contributed by atoms with Gasteiger partial charge in [-0.25, -0.2) is 0 Å². The molecular weight excluding hydrogens is 424 g/mol. The molecule has 0 fully saturated rings. The lowest BCUT2D eigenvalue weighted by Crippen LogP contribution is -1.84. The van der Waals surface area contributed by atoms with Gasteiger partial charge in [-0.1, -0.05) is 80.4 Å². The summed E-state index contributed by atoms with van der Waals surface area (Å²) in [6.45, 7) is 0. The Hall–Kier alpha value is -1.90. The standard InChI is InChI=1S/C22H12Br2/c23-17-9-7-13-1-3-15-5-6-16-4-2-14-8-10-18(24)12-20(14)22(16)21(15)19(13)11-17/h1-12H. The van der Waals surface area contributed by atoms with Crippen LogP contribution in [0.2, 0.25) is 0 Å². The summed E-state index contributed by atoms with van der Waals surface area (Å²) in [5, 5.41) is 10.3. The predicted octanol–water partition coefficient (Wildman–Crippen LogP) is 7.82. The van der Waals surface area contributed by atoms with Gasteiger partial charge in [-0.15, -0.1) is 0 Å². The smallest absolute Gasteiger partial charge is 0.0181 e. The highest BCUT2D eigenvalue weighted by molar-refractivity contribution is 9.10. The molecule has 0 spiro atoms. The lowest BCUT2D eigenvalue weighted by atomic mass is 9.93. The Balaban J connectivity index is 2.16. The molecule has 24 heavy (non-hydrogen) atoms. The number of fused-ring (bicyclic) bond motifs is 7. The maximum atomic E-state index is 3.64. The van der Waals surface area contributed by atoms with E-state index in [4.69, 9.17) is 0 Å². The highest BCUT2D eigenvalue weighted by Crippen LogP contribution is 2.38. The van der Waals surface area contributed by atoms with E-state index in [1.54, 1.807) is 0 Å². The van der Waals surface area contributed by atoms with E-state index >= 15 is 0 Å². The van der Waals surface area contributed by atoms with Crippen LogP contribution in [0.3, 0.4) is 0 Å². The second kappa shape index (κ2) is 5.30. The second-order valence-corrected chi connectivity index (χ2v) is 7.96. The molecule has 0 saturated heterocycles. The molecule has 2 heteroatoms. The molecule has 0 atom stereocenters. The van der Waals surface area contributed by atoms with Crippen molar-refractivity contribution in [1.29, 1.82) is 0 Å². The third-order valence-electron chi connectivity index (χ3n) is 4.72. The van der Waals surface area contributed by atoms with Gasteiger partial charge < -0.3 is 0 Å². The van der Waals surface area contributed by atoms with Crippen molar-refractivity contribution in [2.45, 2.75) is 0 Å². The van der Waals surface area contributed by atoms with E-state index in [1.807, 2.05) is 0 Å². The molecule has 0 aromatic heterocycles. The first kappa shape index (κ1) is 14.4. The number of halogens is 2. The first-order valence-electron chi connectivity index (χ1n) is 7.84. The SMILES string of the molecule is Brc1ccc2ccc3ccc4ccc5ccc(Br)cc5c4c3c2c1. The van der Waals surface area contributed by atoms with Crippen LogP contribution in [0.15, 0.2) is 81.7 Å². The minimum Gasteiger partial charge on any atom is -0.0537 e. The summed E-state index contributed by atoms with van der Waals surface area (Å²) in [5.74, 6) is 0. The van der Waals surface area contributed by atoms with Gasteiger partial charge in [-0.3, -0.25) is 0 Å². The van der Waals surface area contributed by atoms with Crippen molar-refractivity contribution in [3.8, 4) is 0 Å². The molecule has 5 aromatic carbocycles. The van der Waals surface area contributed by atoms with Gasteiger partial charge in [0.05, 0.1) is 0 Å². The lowest BCUT2D eigenvalue weighted by Gasteiger charge is -2.11.